The van der Waals surface area contributed by atoms with Crippen molar-refractivity contribution in [1.29, 1.82) is 0 Å². The molecule has 10 aromatic heterocycles. The molecule has 0 spiro atoms. The third-order valence-corrected chi connectivity index (χ3v) is 24.8. The summed E-state index contributed by atoms with van der Waals surface area (Å²) in [4.78, 5) is 118. The molecule has 0 saturated carbocycles. The van der Waals surface area contributed by atoms with Gasteiger partial charge in [-0.2, -0.15) is 15.0 Å². The maximum Gasteiger partial charge on any atom is 0.278 e. The smallest absolute Gasteiger partial charge is 0.278 e. The van der Waals surface area contributed by atoms with Crippen molar-refractivity contribution in [2.45, 2.75) is 116 Å². The average Bonchev–Trinajstić information content (AvgIpc) is 1.61. The van der Waals surface area contributed by atoms with Gasteiger partial charge in [-0.25, -0.2) is 58.0 Å². The van der Waals surface area contributed by atoms with Crippen molar-refractivity contribution in [2.75, 3.05) is 112 Å². The number of rotatable bonds is 15. The van der Waals surface area contributed by atoms with Gasteiger partial charge in [0.2, 0.25) is 23.7 Å². The number of anilines is 8. The minimum absolute atomic E-state index is 0.0201. The van der Waals surface area contributed by atoms with Crippen molar-refractivity contribution >= 4 is 124 Å². The maximum atomic E-state index is 13.6. The molecule has 1 atom stereocenters. The van der Waals surface area contributed by atoms with Crippen LogP contribution in [0.3, 0.4) is 0 Å². The highest BCUT2D eigenvalue weighted by Crippen LogP contribution is 2.38. The first-order chi connectivity index (χ1) is 62.0. The van der Waals surface area contributed by atoms with Crippen molar-refractivity contribution in [2.24, 2.45) is 0 Å². The number of carbonyl (C=O) groups excluding carboxylic acids is 2. The number of aromatic nitrogens is 18. The Morgan fingerprint density at radius 3 is 1.50 bits per heavy atom. The van der Waals surface area contributed by atoms with Crippen LogP contribution in [0.4, 0.5) is 46.3 Å². The van der Waals surface area contributed by atoms with E-state index in [1.54, 1.807) is 58.0 Å². The predicted octanol–water partition coefficient (Wildman–Crippen LogP) is 11.5. The van der Waals surface area contributed by atoms with Gasteiger partial charge in [0, 0.05) is 105 Å². The van der Waals surface area contributed by atoms with Gasteiger partial charge in [-0.3, -0.25) is 24.0 Å². The highest BCUT2D eigenvalue weighted by Gasteiger charge is 2.32. The zero-order valence-corrected chi connectivity index (χ0v) is 71.1. The van der Waals surface area contributed by atoms with Gasteiger partial charge in [-0.1, -0.05) is 48.6 Å². The Morgan fingerprint density at radius 2 is 0.953 bits per heavy atom. The van der Waals surface area contributed by atoms with Crippen molar-refractivity contribution in [3.8, 4) is 28.7 Å². The third-order valence-electron chi connectivity index (χ3n) is 24.8. The van der Waals surface area contributed by atoms with Gasteiger partial charge in [-0.15, -0.1) is 0 Å². The SMILES string of the molecule is CN(C)CCn1ccc2cc(Nc3ncc4c(=O)n5n(c4n3)-c3cccc(c3)C(C)(O)CCCC=CC5)ccc21.O=C1COc2ccc3cc2N1CCCC=CCn1c(=O)c2cnc(Nc4ccc5c(c4)ncn5CCN4CCCC4)nc2n1-3.O=C1COc2ncc3cc2N1CCCC=CCn1c(=O)c2cnc(Nc4ccc5c(c4)ncn5CCN4CCC4)nc2n1-3. The van der Waals surface area contributed by atoms with Gasteiger partial charge in [0.05, 0.1) is 88.9 Å². The third kappa shape index (κ3) is 16.4. The number of likely N-dealkylation sites (tertiary alicyclic amines) is 2. The van der Waals surface area contributed by atoms with Gasteiger partial charge >= 0.3 is 0 Å². The second-order valence-electron chi connectivity index (χ2n) is 33.6. The minimum Gasteiger partial charge on any atom is -0.482 e. The van der Waals surface area contributed by atoms with E-state index in [0.717, 1.165) is 134 Å². The largest absolute Gasteiger partial charge is 0.482 e. The van der Waals surface area contributed by atoms with Gasteiger partial charge in [0.1, 0.15) is 27.6 Å². The van der Waals surface area contributed by atoms with Crippen LogP contribution in [0, 0.1) is 0 Å². The van der Waals surface area contributed by atoms with Crippen LogP contribution in [0.2, 0.25) is 0 Å². The summed E-state index contributed by atoms with van der Waals surface area (Å²) in [5.74, 6) is 1.98. The summed E-state index contributed by atoms with van der Waals surface area (Å²) in [7, 11) is 4.15. The number of amides is 2. The first-order valence-corrected chi connectivity index (χ1v) is 43.7. The molecule has 127 heavy (non-hydrogen) atoms. The molecule has 7 aliphatic heterocycles. The Hall–Kier alpha value is -14.2. The quantitative estimate of drug-likeness (QED) is 0.0693. The zero-order chi connectivity index (χ0) is 86.4. The molecule has 17 heterocycles. The predicted molar refractivity (Wildman–Crippen MR) is 489 cm³/mol. The van der Waals surface area contributed by atoms with Crippen LogP contribution in [0.1, 0.15) is 76.7 Å². The second kappa shape index (κ2) is 34.7. The summed E-state index contributed by atoms with van der Waals surface area (Å²) in [5, 5.41) is 23.5. The van der Waals surface area contributed by atoms with Crippen LogP contribution in [0.25, 0.3) is 83.1 Å². The molecule has 2 fully saturated rings. The number of imidazole rings is 2. The van der Waals surface area contributed by atoms with Crippen LogP contribution < -0.4 is 51.9 Å². The van der Waals surface area contributed by atoms with E-state index in [4.69, 9.17) is 24.4 Å². The fraction of sp³-hybridized carbons (Fsp3) is 0.333. The first-order valence-electron chi connectivity index (χ1n) is 43.7. The van der Waals surface area contributed by atoms with Gasteiger partial charge < -0.3 is 68.7 Å². The van der Waals surface area contributed by atoms with Gasteiger partial charge in [-0.05, 0) is 214 Å². The molecule has 6 bridgehead atoms. The fourth-order valence-corrected chi connectivity index (χ4v) is 17.8. The molecule has 7 aliphatic rings. The van der Waals surface area contributed by atoms with E-state index < -0.39 is 5.60 Å². The van der Waals surface area contributed by atoms with Crippen LogP contribution in [-0.2, 0) is 54.5 Å². The van der Waals surface area contributed by atoms with Gasteiger partial charge in [0.15, 0.2) is 30.2 Å². The Morgan fingerprint density at radius 1 is 0.449 bits per heavy atom. The van der Waals surface area contributed by atoms with E-state index in [9.17, 15) is 29.1 Å². The second-order valence-corrected chi connectivity index (χ2v) is 33.6. The number of ether oxygens (including phenoxy) is 2. The summed E-state index contributed by atoms with van der Waals surface area (Å²) < 4.78 is 28.3. The van der Waals surface area contributed by atoms with E-state index in [1.165, 1.54) is 51.0 Å². The minimum atomic E-state index is -0.969. The van der Waals surface area contributed by atoms with E-state index in [2.05, 4.69) is 137 Å². The molecule has 1 unspecified atom stereocenters. The number of fused-ring (bicyclic) bond motifs is 19. The summed E-state index contributed by atoms with van der Waals surface area (Å²) in [6.07, 6.45) is 33.8. The van der Waals surface area contributed by atoms with Crippen molar-refractivity contribution in [3.63, 3.8) is 0 Å². The standard InChI is InChI=1S/C32H33N9O3.C31H35N7O2.C30H30N10O3/c42-29-20-44-28-10-8-23-18-27(28)39(29)13-3-1-2-4-14-40-31(43)24-19-33-32(36-30(24)41(23)40)35-22-7-9-26-25(17-22)34-21-38(26)16-15-37-11-5-6-12-37;1-31(40)14-6-4-5-7-15-37-29(39)26-21-32-30(34-28(26)38(37)25-10-8-9-23(31)20-25)33-24-11-12-27-22(19-24)13-16-36(27)18-17-35(2)3;41-26-18-43-28-25-15-21(16-31-28)40-27-22(29(42)39(40)11-4-2-1-3-10-38(25)26)17-32-30(35-27)34-20-6-7-24-23(14-20)33-19-37(24)13-12-36-8-5-9-36/h2,4,7-10,17-19,21H,1,3,5-6,11-16,20H2,(H,33,35,36);5,7-13,16,19-21,40H,4,6,14-15,17-18H2,1-3H3,(H,32,33,34);2,4,6-7,14-17,19H,1,3,5,8-13,18H2,(H,32,34,35). The Kier molecular flexibility index (Phi) is 22.2. The van der Waals surface area contributed by atoms with Crippen molar-refractivity contribution < 1.29 is 24.2 Å². The van der Waals surface area contributed by atoms with Crippen LogP contribution in [0.15, 0.2) is 204 Å². The topological polar surface area (TPSA) is 337 Å². The van der Waals surface area contributed by atoms with E-state index in [0.29, 0.717) is 124 Å². The van der Waals surface area contributed by atoms with E-state index in [-0.39, 0.29) is 41.7 Å². The Bertz CT molecular complexity index is 7040. The number of allylic oxidation sites excluding steroid dienone is 6. The molecule has 34 heteroatoms. The average molecular weight is 1710 g/mol. The van der Waals surface area contributed by atoms with E-state index >= 15 is 0 Å². The summed E-state index contributed by atoms with van der Waals surface area (Å²) in [6, 6.07) is 35.6. The number of hydrogen-bond acceptors (Lipinski definition) is 23. The lowest BCUT2D eigenvalue weighted by molar-refractivity contribution is -0.122. The number of benzene rings is 5. The molecule has 34 nitrogen and oxygen atoms in total. The number of hydrogen-bond donors (Lipinski definition) is 4. The zero-order valence-electron chi connectivity index (χ0n) is 71.1. The molecular weight excluding hydrogens is 1610 g/mol. The lowest BCUT2D eigenvalue weighted by Crippen LogP contribution is -2.40. The number of nitrogens with zero attached hydrogens (tertiary/aromatic N) is 23. The Balaban J connectivity index is 0.000000120. The summed E-state index contributed by atoms with van der Waals surface area (Å²) >= 11 is 0. The fourth-order valence-electron chi connectivity index (χ4n) is 17.8. The normalized spacial score (nSPS) is 17.1. The van der Waals surface area contributed by atoms with Crippen molar-refractivity contribution in [3.05, 3.63) is 226 Å². The van der Waals surface area contributed by atoms with Crippen molar-refractivity contribution in [1.82, 2.24) is 101 Å². The van der Waals surface area contributed by atoms with Gasteiger partial charge in [0.25, 0.3) is 28.5 Å². The highest BCUT2D eigenvalue weighted by molar-refractivity contribution is 5.99. The number of aliphatic hydroxyl groups is 1. The maximum absolute atomic E-state index is 13.6. The highest BCUT2D eigenvalue weighted by atomic mass is 16.5. The molecule has 2 saturated heterocycles. The first kappa shape index (κ1) is 81.1. The number of pyridine rings is 1. The number of likely N-dealkylation sites (N-methyl/N-ethyl adjacent to an activating group) is 1. The molecule has 4 N–H and O–H groups in total. The number of nitrogens with one attached hydrogen (secondary N) is 3. The Labute approximate surface area is 728 Å². The molecule has 0 radical (unpaired) electrons. The van der Waals surface area contributed by atoms with Crippen LogP contribution in [0.5, 0.6) is 11.6 Å². The lowest BCUT2D eigenvalue weighted by atomic mass is 9.90. The molecule has 648 valence electrons. The monoisotopic (exact) mass is 1710 g/mol. The molecule has 22 rings (SSSR count). The molecule has 15 aromatic rings. The molecule has 5 aromatic carbocycles. The lowest BCUT2D eigenvalue weighted by Gasteiger charge is -2.30. The molecular formula is C93H98N26O8. The number of carbonyl (C=O) groups is 2. The molecule has 2 amide bonds. The summed E-state index contributed by atoms with van der Waals surface area (Å²) in [6.45, 7) is 14.6. The molecule has 0 aliphatic carbocycles. The summed E-state index contributed by atoms with van der Waals surface area (Å²) in [5.41, 5.74) is 11.6. The van der Waals surface area contributed by atoms with Crippen LogP contribution in [-0.4, -0.2) is 204 Å². The van der Waals surface area contributed by atoms with Crippen LogP contribution >= 0.6 is 0 Å². The van der Waals surface area contributed by atoms with E-state index in [1.807, 2.05) is 127 Å².